The van der Waals surface area contributed by atoms with Gasteiger partial charge in [-0.3, -0.25) is 9.63 Å². The van der Waals surface area contributed by atoms with Crippen molar-refractivity contribution in [3.8, 4) is 22.9 Å². The third-order valence-electron chi connectivity index (χ3n) is 3.02. The van der Waals surface area contributed by atoms with E-state index in [2.05, 4.69) is 9.84 Å². The van der Waals surface area contributed by atoms with E-state index >= 15 is 0 Å². The first-order chi connectivity index (χ1) is 11.3. The third-order valence-corrected chi connectivity index (χ3v) is 3.53. The van der Waals surface area contributed by atoms with Gasteiger partial charge in [-0.25, -0.2) is 9.07 Å². The zero-order valence-electron chi connectivity index (χ0n) is 12.2. The predicted molar refractivity (Wildman–Crippen MR) is 80.1 cm³/mol. The van der Waals surface area contributed by atoms with Crippen LogP contribution in [0, 0.1) is 5.82 Å². The van der Waals surface area contributed by atoms with Gasteiger partial charge in [0.05, 0.1) is 12.7 Å². The summed E-state index contributed by atoms with van der Waals surface area (Å²) in [6.45, 7) is -3.13. The normalized spacial score (nSPS) is 10.8. The molecule has 0 bridgehead atoms. The fourth-order valence-electron chi connectivity index (χ4n) is 2.01. The van der Waals surface area contributed by atoms with E-state index in [1.165, 1.54) is 14.2 Å². The van der Waals surface area contributed by atoms with E-state index in [9.17, 15) is 18.0 Å². The lowest BCUT2D eigenvalue weighted by atomic mass is 10.0. The average Bonchev–Trinajstić information content (AvgIpc) is 2.81. The Morgan fingerprint density at radius 3 is 2.62 bits per heavy atom. The van der Waals surface area contributed by atoms with Gasteiger partial charge in [0.1, 0.15) is 10.7 Å². The highest BCUT2D eigenvalue weighted by molar-refractivity contribution is 6.34. The zero-order chi connectivity index (χ0) is 18.0. The number of nitrogens with zero attached hydrogens (tertiary/aromatic N) is 2. The average molecular weight is 384 g/mol. The first-order valence-electron chi connectivity index (χ1n) is 6.26. The van der Waals surface area contributed by atoms with Gasteiger partial charge in [0, 0.05) is 24.4 Å². The van der Waals surface area contributed by atoms with Crippen molar-refractivity contribution in [2.45, 2.75) is 6.61 Å². The Bertz CT molecular complexity index is 784. The Hall–Kier alpha value is -2.13. The van der Waals surface area contributed by atoms with Gasteiger partial charge in [-0.1, -0.05) is 11.6 Å². The summed E-state index contributed by atoms with van der Waals surface area (Å²) in [5, 5.41) is 3.66. The second kappa shape index (κ2) is 7.18. The number of hydrogen-bond donors (Lipinski definition) is 1. The van der Waals surface area contributed by atoms with E-state index in [4.69, 9.17) is 28.1 Å². The number of carbonyl (C=O) groups is 1. The van der Waals surface area contributed by atoms with Crippen molar-refractivity contribution in [3.05, 3.63) is 28.5 Å². The maximum atomic E-state index is 13.9. The topological polar surface area (TPSA) is 65.4 Å². The fraction of sp³-hybridized carbons (Fsp3) is 0.231. The standard InChI is InChI=1S/C13H10Cl2F3N3O3/c1-21-12(24-13(17)18)9(14)10(20-21)5-4-8(23-2)7(16)3-6(5)11(22)19-15/h3-4,13H,1-2H3,(H,19,22). The molecule has 0 saturated heterocycles. The van der Waals surface area contributed by atoms with E-state index in [1.54, 1.807) is 0 Å². The maximum absolute atomic E-state index is 13.9. The highest BCUT2D eigenvalue weighted by Crippen LogP contribution is 2.39. The number of aryl methyl sites for hydroxylation is 1. The van der Waals surface area contributed by atoms with Crippen molar-refractivity contribution in [2.75, 3.05) is 7.11 Å². The maximum Gasteiger partial charge on any atom is 0.388 e. The number of ether oxygens (including phenoxy) is 2. The summed E-state index contributed by atoms with van der Waals surface area (Å²) in [7, 11) is 2.53. The summed E-state index contributed by atoms with van der Waals surface area (Å²) in [6.07, 6.45) is 0. The van der Waals surface area contributed by atoms with Crippen LogP contribution in [0.5, 0.6) is 11.6 Å². The SMILES string of the molecule is COc1cc(-c2nn(C)c(OC(F)F)c2Cl)c(C(=O)NCl)cc1F. The first kappa shape index (κ1) is 18.2. The van der Waals surface area contributed by atoms with Crippen molar-refractivity contribution < 1.29 is 27.4 Å². The van der Waals surface area contributed by atoms with Crippen LogP contribution in [0.1, 0.15) is 10.4 Å². The summed E-state index contributed by atoms with van der Waals surface area (Å²) in [5.74, 6) is -2.28. The van der Waals surface area contributed by atoms with Crippen LogP contribution in [-0.2, 0) is 7.05 Å². The van der Waals surface area contributed by atoms with Crippen LogP contribution in [0.2, 0.25) is 5.02 Å². The molecular formula is C13H10Cl2F3N3O3. The van der Waals surface area contributed by atoms with Crippen molar-refractivity contribution in [3.63, 3.8) is 0 Å². The van der Waals surface area contributed by atoms with Crippen molar-refractivity contribution in [1.82, 2.24) is 14.6 Å². The number of rotatable bonds is 5. The highest BCUT2D eigenvalue weighted by Gasteiger charge is 2.25. The monoisotopic (exact) mass is 383 g/mol. The molecule has 2 aromatic rings. The molecule has 1 aromatic carbocycles. The molecule has 1 N–H and O–H groups in total. The van der Waals surface area contributed by atoms with E-state index in [0.29, 0.717) is 0 Å². The number of alkyl halides is 2. The molecule has 24 heavy (non-hydrogen) atoms. The van der Waals surface area contributed by atoms with Crippen LogP contribution in [-0.4, -0.2) is 29.4 Å². The number of nitrogens with one attached hydrogen (secondary N) is 1. The molecule has 130 valence electrons. The molecule has 0 atom stereocenters. The molecule has 1 heterocycles. The van der Waals surface area contributed by atoms with Gasteiger partial charge in [-0.2, -0.15) is 13.9 Å². The summed E-state index contributed by atoms with van der Waals surface area (Å²) in [5.41, 5.74) is -0.272. The number of hydrogen-bond acceptors (Lipinski definition) is 4. The van der Waals surface area contributed by atoms with Gasteiger partial charge in [0.25, 0.3) is 5.91 Å². The van der Waals surface area contributed by atoms with Crippen molar-refractivity contribution >= 4 is 29.3 Å². The molecule has 0 aliphatic heterocycles. The Balaban J connectivity index is 2.69. The summed E-state index contributed by atoms with van der Waals surface area (Å²) < 4.78 is 48.9. The molecular weight excluding hydrogens is 374 g/mol. The molecule has 0 unspecified atom stereocenters. The Morgan fingerprint density at radius 1 is 1.42 bits per heavy atom. The molecule has 0 saturated carbocycles. The van der Waals surface area contributed by atoms with Gasteiger partial charge in [0.15, 0.2) is 11.6 Å². The Kier molecular flexibility index (Phi) is 5.45. The number of carbonyl (C=O) groups excluding carboxylic acids is 1. The third kappa shape index (κ3) is 3.36. The van der Waals surface area contributed by atoms with E-state index in [0.717, 1.165) is 16.8 Å². The van der Waals surface area contributed by atoms with Gasteiger partial charge in [-0.15, -0.1) is 0 Å². The van der Waals surface area contributed by atoms with Crippen LogP contribution in [0.25, 0.3) is 11.3 Å². The van der Waals surface area contributed by atoms with Crippen molar-refractivity contribution in [1.29, 1.82) is 0 Å². The molecule has 0 spiro atoms. The minimum absolute atomic E-state index is 0.0242. The van der Waals surface area contributed by atoms with Gasteiger partial charge >= 0.3 is 6.61 Å². The van der Waals surface area contributed by atoms with Gasteiger partial charge in [-0.05, 0) is 12.1 Å². The number of amides is 1. The number of halogens is 5. The van der Waals surface area contributed by atoms with E-state index < -0.39 is 24.2 Å². The lowest BCUT2D eigenvalue weighted by molar-refractivity contribution is -0.0552. The molecule has 2 rings (SSSR count). The minimum Gasteiger partial charge on any atom is -0.494 e. The second-order valence-electron chi connectivity index (χ2n) is 4.43. The Morgan fingerprint density at radius 2 is 2.08 bits per heavy atom. The summed E-state index contributed by atoms with van der Waals surface area (Å²) in [4.78, 5) is 13.7. The van der Waals surface area contributed by atoms with E-state index in [1.807, 2.05) is 4.84 Å². The van der Waals surface area contributed by atoms with Gasteiger partial charge in [0.2, 0.25) is 5.88 Å². The van der Waals surface area contributed by atoms with E-state index in [-0.39, 0.29) is 27.6 Å². The van der Waals surface area contributed by atoms with Crippen LogP contribution in [0.4, 0.5) is 13.2 Å². The predicted octanol–water partition coefficient (Wildman–Crippen LogP) is 3.37. The molecule has 6 nitrogen and oxygen atoms in total. The summed E-state index contributed by atoms with van der Waals surface area (Å²) >= 11 is 11.3. The molecule has 0 radical (unpaired) electrons. The van der Waals surface area contributed by atoms with Crippen LogP contribution < -0.4 is 14.3 Å². The largest absolute Gasteiger partial charge is 0.494 e. The molecule has 0 aliphatic rings. The highest BCUT2D eigenvalue weighted by atomic mass is 35.5. The molecule has 1 aromatic heterocycles. The Labute approximate surface area is 144 Å². The first-order valence-corrected chi connectivity index (χ1v) is 7.01. The smallest absolute Gasteiger partial charge is 0.388 e. The number of benzene rings is 1. The lowest BCUT2D eigenvalue weighted by Crippen LogP contribution is -2.14. The second-order valence-corrected chi connectivity index (χ2v) is 4.99. The molecule has 1 amide bonds. The van der Waals surface area contributed by atoms with Crippen LogP contribution in [0.15, 0.2) is 12.1 Å². The molecule has 0 fully saturated rings. The number of methoxy groups -OCH3 is 1. The quantitative estimate of drug-likeness (QED) is 0.803. The zero-order valence-corrected chi connectivity index (χ0v) is 13.8. The minimum atomic E-state index is -3.13. The molecule has 0 aliphatic carbocycles. The summed E-state index contributed by atoms with van der Waals surface area (Å²) in [6, 6.07) is 2.02. The fourth-order valence-corrected chi connectivity index (χ4v) is 2.42. The van der Waals surface area contributed by atoms with Gasteiger partial charge < -0.3 is 9.47 Å². The van der Waals surface area contributed by atoms with Crippen LogP contribution >= 0.6 is 23.4 Å². The van der Waals surface area contributed by atoms with Crippen LogP contribution in [0.3, 0.4) is 0 Å². The van der Waals surface area contributed by atoms with Crippen molar-refractivity contribution in [2.24, 2.45) is 7.05 Å². The molecule has 11 heteroatoms. The lowest BCUT2D eigenvalue weighted by Gasteiger charge is -2.10. The number of aromatic nitrogens is 2.